The third kappa shape index (κ3) is 3.70. The van der Waals surface area contributed by atoms with E-state index >= 15 is 0 Å². The molecule has 0 spiro atoms. The van der Waals surface area contributed by atoms with Gasteiger partial charge in [0.05, 0.1) is 12.3 Å². The van der Waals surface area contributed by atoms with E-state index in [1.165, 1.54) is 55.8 Å². The predicted octanol–water partition coefficient (Wildman–Crippen LogP) is 4.22. The molecule has 1 fully saturated rings. The standard InChI is InChI=1S/C22H32N4O/c1-3-25-15-12-17(13-16-25)21-18-9-7-8-14-23-22(18)26(24-21)19-10-5-6-11-20(19)27-4-2/h5-6,10-11,17,23H,3-4,7-9,12-16H2,1-2H3. The van der Waals surface area contributed by atoms with Crippen molar-refractivity contribution in [3.8, 4) is 11.4 Å². The predicted molar refractivity (Wildman–Crippen MR) is 110 cm³/mol. The maximum absolute atomic E-state index is 5.90. The zero-order valence-electron chi connectivity index (χ0n) is 16.7. The molecule has 0 amide bonds. The molecule has 5 nitrogen and oxygen atoms in total. The molecule has 0 aliphatic carbocycles. The Kier molecular flexibility index (Phi) is 5.67. The summed E-state index contributed by atoms with van der Waals surface area (Å²) in [5.74, 6) is 2.67. The number of nitrogens with zero attached hydrogens (tertiary/aromatic N) is 3. The maximum Gasteiger partial charge on any atom is 0.145 e. The van der Waals surface area contributed by atoms with Crippen LogP contribution in [0.1, 0.15) is 56.7 Å². The van der Waals surface area contributed by atoms with Crippen molar-refractivity contribution in [1.82, 2.24) is 14.7 Å². The number of aromatic nitrogens is 2. The molecule has 5 heteroatoms. The van der Waals surface area contributed by atoms with E-state index in [1.807, 2.05) is 19.1 Å². The molecule has 1 N–H and O–H groups in total. The van der Waals surface area contributed by atoms with E-state index in [-0.39, 0.29) is 0 Å². The van der Waals surface area contributed by atoms with Crippen molar-refractivity contribution < 1.29 is 4.74 Å². The fraction of sp³-hybridized carbons (Fsp3) is 0.591. The lowest BCUT2D eigenvalue weighted by molar-refractivity contribution is 0.220. The number of anilines is 1. The van der Waals surface area contributed by atoms with Gasteiger partial charge in [0, 0.05) is 18.0 Å². The first-order valence-electron chi connectivity index (χ1n) is 10.6. The van der Waals surface area contributed by atoms with E-state index in [0.717, 1.165) is 30.9 Å². The van der Waals surface area contributed by atoms with Gasteiger partial charge in [0.15, 0.2) is 0 Å². The summed E-state index contributed by atoms with van der Waals surface area (Å²) in [7, 11) is 0. The summed E-state index contributed by atoms with van der Waals surface area (Å²) < 4.78 is 8.02. The molecular formula is C22H32N4O. The van der Waals surface area contributed by atoms with Crippen LogP contribution in [0, 0.1) is 0 Å². The fourth-order valence-electron chi connectivity index (χ4n) is 4.46. The number of nitrogens with one attached hydrogen (secondary N) is 1. The Labute approximate surface area is 162 Å². The number of para-hydroxylation sites is 2. The smallest absolute Gasteiger partial charge is 0.145 e. The molecule has 0 radical (unpaired) electrons. The highest BCUT2D eigenvalue weighted by molar-refractivity contribution is 5.58. The van der Waals surface area contributed by atoms with Gasteiger partial charge in [0.2, 0.25) is 0 Å². The number of rotatable bonds is 5. The lowest BCUT2D eigenvalue weighted by Gasteiger charge is -2.30. The highest BCUT2D eigenvalue weighted by Crippen LogP contribution is 2.37. The molecular weight excluding hydrogens is 336 g/mol. The van der Waals surface area contributed by atoms with Crippen LogP contribution < -0.4 is 10.1 Å². The minimum absolute atomic E-state index is 0.571. The van der Waals surface area contributed by atoms with Crippen molar-refractivity contribution in [2.75, 3.05) is 38.1 Å². The Balaban J connectivity index is 1.74. The van der Waals surface area contributed by atoms with Crippen molar-refractivity contribution in [3.05, 3.63) is 35.5 Å². The second-order valence-electron chi connectivity index (χ2n) is 7.62. The van der Waals surface area contributed by atoms with Gasteiger partial charge in [-0.1, -0.05) is 19.1 Å². The first-order chi connectivity index (χ1) is 13.3. The zero-order valence-corrected chi connectivity index (χ0v) is 16.7. The minimum Gasteiger partial charge on any atom is -0.492 e. The average Bonchev–Trinajstić information content (AvgIpc) is 2.89. The van der Waals surface area contributed by atoms with Crippen LogP contribution in [0.4, 0.5) is 5.82 Å². The van der Waals surface area contributed by atoms with Gasteiger partial charge in [-0.3, -0.25) is 0 Å². The summed E-state index contributed by atoms with van der Waals surface area (Å²) in [4.78, 5) is 2.55. The van der Waals surface area contributed by atoms with E-state index < -0.39 is 0 Å². The first kappa shape index (κ1) is 18.4. The van der Waals surface area contributed by atoms with Crippen LogP contribution in [0.2, 0.25) is 0 Å². The van der Waals surface area contributed by atoms with Gasteiger partial charge in [-0.15, -0.1) is 0 Å². The molecule has 1 aromatic carbocycles. The molecule has 0 saturated carbocycles. The first-order valence-corrected chi connectivity index (χ1v) is 10.6. The molecule has 0 atom stereocenters. The molecule has 1 saturated heterocycles. The molecule has 0 unspecified atom stereocenters. The third-order valence-electron chi connectivity index (χ3n) is 5.98. The normalized spacial score (nSPS) is 18.6. The SMILES string of the molecule is CCOc1ccccc1-n1nc(C2CCN(CC)CC2)c2c1NCCCC2. The molecule has 27 heavy (non-hydrogen) atoms. The van der Waals surface area contributed by atoms with Crippen molar-refractivity contribution in [3.63, 3.8) is 0 Å². The zero-order chi connectivity index (χ0) is 18.6. The summed E-state index contributed by atoms with van der Waals surface area (Å²) in [6, 6.07) is 8.27. The van der Waals surface area contributed by atoms with Gasteiger partial charge < -0.3 is 15.0 Å². The largest absolute Gasteiger partial charge is 0.492 e. The van der Waals surface area contributed by atoms with Crippen LogP contribution in [0.25, 0.3) is 5.69 Å². The van der Waals surface area contributed by atoms with E-state index in [2.05, 4.69) is 34.0 Å². The van der Waals surface area contributed by atoms with Crippen LogP contribution in [0.3, 0.4) is 0 Å². The van der Waals surface area contributed by atoms with Crippen LogP contribution in [0.15, 0.2) is 24.3 Å². The van der Waals surface area contributed by atoms with Crippen LogP contribution >= 0.6 is 0 Å². The summed E-state index contributed by atoms with van der Waals surface area (Å²) in [5, 5.41) is 8.85. The fourth-order valence-corrected chi connectivity index (χ4v) is 4.46. The van der Waals surface area contributed by atoms with E-state index in [4.69, 9.17) is 9.84 Å². The van der Waals surface area contributed by atoms with E-state index in [1.54, 1.807) is 0 Å². The second-order valence-corrected chi connectivity index (χ2v) is 7.62. The van der Waals surface area contributed by atoms with Crippen molar-refractivity contribution >= 4 is 5.82 Å². The van der Waals surface area contributed by atoms with Gasteiger partial charge in [0.25, 0.3) is 0 Å². The summed E-state index contributed by atoms with van der Waals surface area (Å²) in [5.41, 5.74) is 3.80. The lowest BCUT2D eigenvalue weighted by atomic mass is 9.90. The Bertz CT molecular complexity index is 762. The van der Waals surface area contributed by atoms with E-state index in [0.29, 0.717) is 12.5 Å². The number of benzene rings is 1. The molecule has 2 aliphatic rings. The molecule has 2 aromatic rings. The van der Waals surface area contributed by atoms with Gasteiger partial charge in [-0.2, -0.15) is 5.10 Å². The van der Waals surface area contributed by atoms with Crippen molar-refractivity contribution in [1.29, 1.82) is 0 Å². The van der Waals surface area contributed by atoms with Gasteiger partial charge in [-0.05, 0) is 70.8 Å². The van der Waals surface area contributed by atoms with Gasteiger partial charge in [0.1, 0.15) is 17.3 Å². The average molecular weight is 369 g/mol. The second kappa shape index (κ2) is 8.34. The summed E-state index contributed by atoms with van der Waals surface area (Å²) in [6.45, 7) is 9.50. The highest BCUT2D eigenvalue weighted by Gasteiger charge is 2.29. The van der Waals surface area contributed by atoms with Crippen molar-refractivity contribution in [2.45, 2.75) is 51.9 Å². The van der Waals surface area contributed by atoms with Crippen LogP contribution in [0.5, 0.6) is 5.75 Å². The van der Waals surface area contributed by atoms with Crippen molar-refractivity contribution in [2.24, 2.45) is 0 Å². The Morgan fingerprint density at radius 2 is 1.96 bits per heavy atom. The van der Waals surface area contributed by atoms with Gasteiger partial charge in [-0.25, -0.2) is 4.68 Å². The van der Waals surface area contributed by atoms with Crippen LogP contribution in [-0.2, 0) is 6.42 Å². The van der Waals surface area contributed by atoms with Crippen LogP contribution in [-0.4, -0.2) is 47.5 Å². The molecule has 1 aromatic heterocycles. The molecule has 4 rings (SSSR count). The molecule has 2 aliphatic heterocycles. The Morgan fingerprint density at radius 3 is 2.74 bits per heavy atom. The summed E-state index contributed by atoms with van der Waals surface area (Å²) >= 11 is 0. The Hall–Kier alpha value is -2.01. The number of fused-ring (bicyclic) bond motifs is 1. The lowest BCUT2D eigenvalue weighted by Crippen LogP contribution is -2.33. The quantitative estimate of drug-likeness (QED) is 0.858. The minimum atomic E-state index is 0.571. The number of piperidine rings is 1. The monoisotopic (exact) mass is 368 g/mol. The molecule has 0 bridgehead atoms. The number of likely N-dealkylation sites (tertiary alicyclic amines) is 1. The molecule has 3 heterocycles. The Morgan fingerprint density at radius 1 is 1.15 bits per heavy atom. The van der Waals surface area contributed by atoms with Gasteiger partial charge >= 0.3 is 0 Å². The van der Waals surface area contributed by atoms with E-state index in [9.17, 15) is 0 Å². The topological polar surface area (TPSA) is 42.3 Å². The number of ether oxygens (including phenoxy) is 1. The third-order valence-corrected chi connectivity index (χ3v) is 5.98. The number of hydrogen-bond donors (Lipinski definition) is 1. The maximum atomic E-state index is 5.90. The highest BCUT2D eigenvalue weighted by atomic mass is 16.5. The number of hydrogen-bond acceptors (Lipinski definition) is 4. The summed E-state index contributed by atoms with van der Waals surface area (Å²) in [6.07, 6.45) is 6.01. The molecule has 146 valence electrons.